The molecule has 1 aliphatic heterocycles. The van der Waals surface area contributed by atoms with Crippen molar-refractivity contribution in [1.82, 2.24) is 5.16 Å². The third-order valence-electron chi connectivity index (χ3n) is 3.33. The van der Waals surface area contributed by atoms with Crippen LogP contribution in [0.25, 0.3) is 0 Å². The summed E-state index contributed by atoms with van der Waals surface area (Å²) in [5.41, 5.74) is 3.18. The third-order valence-corrected chi connectivity index (χ3v) is 3.33. The number of fused-ring (bicyclic) bond motifs is 1. The van der Waals surface area contributed by atoms with Crippen LogP contribution in [0.4, 0.5) is 5.69 Å². The molecule has 0 atom stereocenters. The molecule has 0 bridgehead atoms. The fourth-order valence-electron chi connectivity index (χ4n) is 2.46. The summed E-state index contributed by atoms with van der Waals surface area (Å²) >= 11 is 0. The molecule has 1 aromatic carbocycles. The second-order valence-corrected chi connectivity index (χ2v) is 4.64. The lowest BCUT2D eigenvalue weighted by atomic mass is 10.0. The van der Waals surface area contributed by atoms with Gasteiger partial charge >= 0.3 is 5.97 Å². The number of carboxylic acids is 1. The Kier molecular flexibility index (Phi) is 2.95. The van der Waals surface area contributed by atoms with E-state index >= 15 is 0 Å². The van der Waals surface area contributed by atoms with Crippen LogP contribution in [0.15, 0.2) is 34.9 Å². The van der Waals surface area contributed by atoms with Crippen LogP contribution in [0.5, 0.6) is 0 Å². The monoisotopic (exact) mass is 258 g/mol. The number of aromatic carboxylic acids is 1. The second kappa shape index (κ2) is 4.76. The Balaban J connectivity index is 1.82. The Morgan fingerprint density at radius 3 is 3.05 bits per heavy atom. The van der Waals surface area contributed by atoms with Gasteiger partial charge in [0.05, 0.1) is 6.54 Å². The first-order valence-corrected chi connectivity index (χ1v) is 6.26. The first-order chi connectivity index (χ1) is 9.24. The SMILES string of the molecule is O=C(O)c1cc(CN2CCCc3ccccc32)no1. The van der Waals surface area contributed by atoms with Crippen LogP contribution >= 0.6 is 0 Å². The molecular weight excluding hydrogens is 244 g/mol. The van der Waals surface area contributed by atoms with Gasteiger partial charge in [0.1, 0.15) is 5.69 Å². The molecule has 0 unspecified atom stereocenters. The van der Waals surface area contributed by atoms with E-state index < -0.39 is 5.97 Å². The molecule has 0 saturated carbocycles. The Bertz CT molecular complexity index is 606. The minimum absolute atomic E-state index is 0.111. The zero-order valence-electron chi connectivity index (χ0n) is 10.4. The highest BCUT2D eigenvalue weighted by molar-refractivity contribution is 5.84. The predicted octanol–water partition coefficient (Wildman–Crippen LogP) is 2.33. The number of anilines is 1. The van der Waals surface area contributed by atoms with Gasteiger partial charge in [-0.2, -0.15) is 0 Å². The molecule has 2 heterocycles. The molecular formula is C14H14N2O3. The molecule has 1 aliphatic rings. The van der Waals surface area contributed by atoms with E-state index in [9.17, 15) is 4.79 Å². The zero-order chi connectivity index (χ0) is 13.2. The summed E-state index contributed by atoms with van der Waals surface area (Å²) < 4.78 is 4.78. The summed E-state index contributed by atoms with van der Waals surface area (Å²) in [5, 5.41) is 12.6. The van der Waals surface area contributed by atoms with Gasteiger partial charge in [-0.05, 0) is 24.5 Å². The molecule has 19 heavy (non-hydrogen) atoms. The third kappa shape index (κ3) is 2.31. The summed E-state index contributed by atoms with van der Waals surface area (Å²) in [7, 11) is 0. The summed E-state index contributed by atoms with van der Waals surface area (Å²) in [4.78, 5) is 13.0. The standard InChI is InChI=1S/C14H14N2O3/c17-14(18)13-8-11(15-19-13)9-16-7-3-5-10-4-1-2-6-12(10)16/h1-2,4,6,8H,3,5,7,9H2,(H,17,18). The van der Waals surface area contributed by atoms with Crippen molar-refractivity contribution in [2.45, 2.75) is 19.4 Å². The van der Waals surface area contributed by atoms with Gasteiger partial charge in [0.15, 0.2) is 0 Å². The topological polar surface area (TPSA) is 66.6 Å². The van der Waals surface area contributed by atoms with Gasteiger partial charge in [0.2, 0.25) is 5.76 Å². The number of carbonyl (C=O) groups is 1. The lowest BCUT2D eigenvalue weighted by molar-refractivity contribution is 0.0652. The first kappa shape index (κ1) is 11.8. The predicted molar refractivity (Wildman–Crippen MR) is 69.3 cm³/mol. The Morgan fingerprint density at radius 2 is 2.26 bits per heavy atom. The van der Waals surface area contributed by atoms with E-state index in [0.29, 0.717) is 12.2 Å². The van der Waals surface area contributed by atoms with Crippen LogP contribution < -0.4 is 4.90 Å². The molecule has 0 saturated heterocycles. The fourth-order valence-corrected chi connectivity index (χ4v) is 2.46. The zero-order valence-corrected chi connectivity index (χ0v) is 10.4. The lowest BCUT2D eigenvalue weighted by Gasteiger charge is -2.30. The van der Waals surface area contributed by atoms with E-state index in [1.807, 2.05) is 12.1 Å². The number of hydrogen-bond donors (Lipinski definition) is 1. The number of aromatic nitrogens is 1. The first-order valence-electron chi connectivity index (χ1n) is 6.26. The molecule has 98 valence electrons. The number of benzene rings is 1. The van der Waals surface area contributed by atoms with Crippen molar-refractivity contribution in [3.8, 4) is 0 Å². The minimum Gasteiger partial charge on any atom is -0.475 e. The summed E-state index contributed by atoms with van der Waals surface area (Å²) in [6.45, 7) is 1.53. The van der Waals surface area contributed by atoms with Crippen molar-refractivity contribution in [2.24, 2.45) is 0 Å². The summed E-state index contributed by atoms with van der Waals surface area (Å²) in [6, 6.07) is 9.77. The van der Waals surface area contributed by atoms with Crippen molar-refractivity contribution in [1.29, 1.82) is 0 Å². The number of nitrogens with zero attached hydrogens (tertiary/aromatic N) is 2. The van der Waals surface area contributed by atoms with Gasteiger partial charge in [0, 0.05) is 18.3 Å². The summed E-state index contributed by atoms with van der Waals surface area (Å²) in [6.07, 6.45) is 2.19. The van der Waals surface area contributed by atoms with Crippen LogP contribution in [0.3, 0.4) is 0 Å². The average Bonchev–Trinajstić information content (AvgIpc) is 2.88. The Morgan fingerprint density at radius 1 is 1.42 bits per heavy atom. The quantitative estimate of drug-likeness (QED) is 0.915. The molecule has 0 spiro atoms. The fraction of sp³-hybridized carbons (Fsp3) is 0.286. The van der Waals surface area contributed by atoms with Crippen molar-refractivity contribution in [3.05, 3.63) is 47.3 Å². The highest BCUT2D eigenvalue weighted by Crippen LogP contribution is 2.27. The molecule has 1 N–H and O–H groups in total. The smallest absolute Gasteiger partial charge is 0.374 e. The van der Waals surface area contributed by atoms with Gasteiger partial charge in [-0.3, -0.25) is 0 Å². The van der Waals surface area contributed by atoms with Crippen molar-refractivity contribution < 1.29 is 14.4 Å². The van der Waals surface area contributed by atoms with Crippen molar-refractivity contribution in [2.75, 3.05) is 11.4 Å². The number of para-hydroxylation sites is 1. The van der Waals surface area contributed by atoms with Crippen molar-refractivity contribution >= 4 is 11.7 Å². The Labute approximate surface area is 110 Å². The molecule has 5 heteroatoms. The number of rotatable bonds is 3. The second-order valence-electron chi connectivity index (χ2n) is 4.64. The molecule has 0 aliphatic carbocycles. The number of hydrogen-bond acceptors (Lipinski definition) is 4. The van der Waals surface area contributed by atoms with Crippen LogP contribution in [0.2, 0.25) is 0 Å². The molecule has 1 aromatic heterocycles. The normalized spacial score (nSPS) is 14.2. The molecule has 5 nitrogen and oxygen atoms in total. The van der Waals surface area contributed by atoms with E-state index in [4.69, 9.17) is 9.63 Å². The number of carboxylic acid groups (broad SMARTS) is 1. The van der Waals surface area contributed by atoms with Crippen molar-refractivity contribution in [3.63, 3.8) is 0 Å². The van der Waals surface area contributed by atoms with E-state index in [-0.39, 0.29) is 5.76 Å². The minimum atomic E-state index is -1.09. The van der Waals surface area contributed by atoms with E-state index in [2.05, 4.69) is 22.2 Å². The molecule has 2 aromatic rings. The maximum Gasteiger partial charge on any atom is 0.374 e. The van der Waals surface area contributed by atoms with Gasteiger partial charge in [-0.1, -0.05) is 23.4 Å². The highest BCUT2D eigenvalue weighted by atomic mass is 16.5. The van der Waals surface area contributed by atoms with Crippen LogP contribution in [-0.2, 0) is 13.0 Å². The van der Waals surface area contributed by atoms with Gasteiger partial charge in [-0.15, -0.1) is 0 Å². The van der Waals surface area contributed by atoms with Gasteiger partial charge < -0.3 is 14.5 Å². The lowest BCUT2D eigenvalue weighted by Crippen LogP contribution is -2.28. The van der Waals surface area contributed by atoms with Gasteiger partial charge in [0.25, 0.3) is 0 Å². The average molecular weight is 258 g/mol. The Hall–Kier alpha value is -2.30. The van der Waals surface area contributed by atoms with Crippen LogP contribution in [-0.4, -0.2) is 22.8 Å². The largest absolute Gasteiger partial charge is 0.475 e. The van der Waals surface area contributed by atoms with E-state index in [1.165, 1.54) is 17.3 Å². The maximum atomic E-state index is 10.8. The molecule has 0 radical (unpaired) electrons. The van der Waals surface area contributed by atoms with Gasteiger partial charge in [-0.25, -0.2) is 4.79 Å². The summed E-state index contributed by atoms with van der Waals surface area (Å²) in [5.74, 6) is -1.20. The molecule has 0 amide bonds. The van der Waals surface area contributed by atoms with E-state index in [1.54, 1.807) is 0 Å². The van der Waals surface area contributed by atoms with E-state index in [0.717, 1.165) is 19.4 Å². The van der Waals surface area contributed by atoms with Crippen LogP contribution in [0, 0.1) is 0 Å². The number of aryl methyl sites for hydroxylation is 1. The highest BCUT2D eigenvalue weighted by Gasteiger charge is 2.19. The van der Waals surface area contributed by atoms with Crippen LogP contribution in [0.1, 0.15) is 28.2 Å². The maximum absolute atomic E-state index is 10.8. The molecule has 0 fully saturated rings. The molecule has 3 rings (SSSR count).